The van der Waals surface area contributed by atoms with Gasteiger partial charge in [-0.15, -0.1) is 24.5 Å². The second kappa shape index (κ2) is 8.74. The predicted octanol–water partition coefficient (Wildman–Crippen LogP) is 6.04. The number of fused-ring (bicyclic) bond motifs is 1. The topological polar surface area (TPSA) is 64.5 Å². The zero-order valence-corrected chi connectivity index (χ0v) is 17.7. The van der Waals surface area contributed by atoms with Gasteiger partial charge in [0.2, 0.25) is 0 Å². The van der Waals surface area contributed by atoms with Crippen molar-refractivity contribution in [3.05, 3.63) is 46.7 Å². The summed E-state index contributed by atoms with van der Waals surface area (Å²) in [5.41, 5.74) is -3.50. The van der Waals surface area contributed by atoms with Gasteiger partial charge in [0, 0.05) is 12.4 Å². The summed E-state index contributed by atoms with van der Waals surface area (Å²) in [5.74, 6) is -1.11. The summed E-state index contributed by atoms with van der Waals surface area (Å²) in [6, 6.07) is 3.06. The highest BCUT2D eigenvalue weighted by atomic mass is 32.1. The first-order valence-corrected chi connectivity index (χ1v) is 10.3. The number of benzene rings is 1. The molecule has 0 amide bonds. The number of pyridine rings is 1. The number of nitrogens with zero attached hydrogens (tertiary/aromatic N) is 2. The molecule has 2 aromatic heterocycles. The minimum absolute atomic E-state index is 0.0614. The molecule has 2 heterocycles. The van der Waals surface area contributed by atoms with Gasteiger partial charge < -0.3 is 14.6 Å². The van der Waals surface area contributed by atoms with Gasteiger partial charge in [0.15, 0.2) is 0 Å². The summed E-state index contributed by atoms with van der Waals surface area (Å²) in [7, 11) is 0. The maximum Gasteiger partial charge on any atom is 0.573 e. The summed E-state index contributed by atoms with van der Waals surface area (Å²) in [6.45, 7) is 3.74. The number of aromatic nitrogens is 2. The van der Waals surface area contributed by atoms with Crippen LogP contribution in [0.1, 0.15) is 42.8 Å². The normalized spacial score (nSPS) is 14.4. The number of halogens is 6. The third-order valence-corrected chi connectivity index (χ3v) is 5.76. The first kappa shape index (κ1) is 24.1. The van der Waals surface area contributed by atoms with Crippen molar-refractivity contribution >= 4 is 21.6 Å². The lowest BCUT2D eigenvalue weighted by Crippen LogP contribution is -2.28. The van der Waals surface area contributed by atoms with Crippen molar-refractivity contribution in [1.29, 1.82) is 0 Å². The van der Waals surface area contributed by atoms with E-state index in [1.807, 2.05) is 0 Å². The van der Waals surface area contributed by atoms with Crippen LogP contribution in [-0.2, 0) is 11.8 Å². The molecule has 0 aliphatic heterocycles. The molecule has 1 aromatic carbocycles. The van der Waals surface area contributed by atoms with E-state index in [-0.39, 0.29) is 34.9 Å². The van der Waals surface area contributed by atoms with E-state index in [1.165, 1.54) is 18.5 Å². The maximum absolute atomic E-state index is 13.7. The van der Waals surface area contributed by atoms with E-state index in [2.05, 4.69) is 14.7 Å². The summed E-state index contributed by atoms with van der Waals surface area (Å²) in [4.78, 5) is 8.12. The Morgan fingerprint density at radius 2 is 1.75 bits per heavy atom. The molecule has 32 heavy (non-hydrogen) atoms. The summed E-state index contributed by atoms with van der Waals surface area (Å²) in [5, 5.41) is 11.4. The van der Waals surface area contributed by atoms with Crippen molar-refractivity contribution in [2.45, 2.75) is 44.8 Å². The second-order valence-corrected chi connectivity index (χ2v) is 7.77. The molecule has 0 aliphatic rings. The van der Waals surface area contributed by atoms with Gasteiger partial charge >= 0.3 is 12.5 Å². The highest BCUT2D eigenvalue weighted by Gasteiger charge is 2.43. The van der Waals surface area contributed by atoms with Crippen molar-refractivity contribution in [1.82, 2.24) is 9.97 Å². The van der Waals surface area contributed by atoms with Crippen molar-refractivity contribution in [2.75, 3.05) is 6.61 Å². The van der Waals surface area contributed by atoms with E-state index in [0.29, 0.717) is 23.8 Å². The van der Waals surface area contributed by atoms with Gasteiger partial charge in [0.05, 0.1) is 22.4 Å². The molecular weight excluding hydrogens is 462 g/mol. The fourth-order valence-electron chi connectivity index (χ4n) is 3.32. The third kappa shape index (κ3) is 4.75. The molecule has 1 atom stereocenters. The standard InChI is InChI=1S/C20H18F6N2O3S/c1-3-8-18(29,11-10-27-9-7-13(11)30-4-2)17-28-12-5-6-14(31-20(24,25)26)15(16(12)32-17)19(21,22)23/h5-7,9-10,29H,3-4,8H2,1-2H3. The molecular formula is C20H18F6N2O3S. The van der Waals surface area contributed by atoms with Gasteiger partial charge in [-0.2, -0.15) is 13.2 Å². The summed E-state index contributed by atoms with van der Waals surface area (Å²) >= 11 is 0.448. The number of thiazole rings is 1. The lowest BCUT2D eigenvalue weighted by molar-refractivity contribution is -0.276. The van der Waals surface area contributed by atoms with Gasteiger partial charge in [-0.25, -0.2) is 4.98 Å². The third-order valence-electron chi connectivity index (χ3n) is 4.52. The molecule has 0 saturated carbocycles. The Morgan fingerprint density at radius 3 is 2.34 bits per heavy atom. The molecule has 0 saturated heterocycles. The van der Waals surface area contributed by atoms with Crippen molar-refractivity contribution < 1.29 is 40.9 Å². The molecule has 174 valence electrons. The smallest absolute Gasteiger partial charge is 0.493 e. The van der Waals surface area contributed by atoms with Gasteiger partial charge in [-0.1, -0.05) is 13.3 Å². The molecule has 0 radical (unpaired) electrons. The minimum atomic E-state index is -5.31. The Morgan fingerprint density at radius 1 is 1.03 bits per heavy atom. The molecule has 5 nitrogen and oxygen atoms in total. The fourth-order valence-corrected chi connectivity index (χ4v) is 4.58. The molecule has 3 rings (SSSR count). The zero-order chi connectivity index (χ0) is 23.7. The number of alkyl halides is 6. The van der Waals surface area contributed by atoms with Crippen LogP contribution in [0.2, 0.25) is 0 Å². The largest absolute Gasteiger partial charge is 0.573 e. The summed E-state index contributed by atoms with van der Waals surface area (Å²) in [6.07, 6.45) is -7.23. The van der Waals surface area contributed by atoms with Crippen molar-refractivity contribution in [3.63, 3.8) is 0 Å². The highest BCUT2D eigenvalue weighted by Crippen LogP contribution is 2.48. The second-order valence-electron chi connectivity index (χ2n) is 6.77. The van der Waals surface area contributed by atoms with Crippen molar-refractivity contribution in [2.24, 2.45) is 0 Å². The average molecular weight is 480 g/mol. The van der Waals surface area contributed by atoms with E-state index in [0.717, 1.165) is 6.07 Å². The van der Waals surface area contributed by atoms with Crippen LogP contribution in [0.25, 0.3) is 10.2 Å². The van der Waals surface area contributed by atoms with Crippen LogP contribution in [0, 0.1) is 0 Å². The molecule has 1 N–H and O–H groups in total. The Balaban J connectivity index is 2.26. The van der Waals surface area contributed by atoms with Crippen LogP contribution in [0.5, 0.6) is 11.5 Å². The summed E-state index contributed by atoms with van der Waals surface area (Å²) < 4.78 is 87.8. The lowest BCUT2D eigenvalue weighted by Gasteiger charge is -2.27. The number of ether oxygens (including phenoxy) is 2. The van der Waals surface area contributed by atoms with E-state index < -0.39 is 34.2 Å². The Bertz CT molecular complexity index is 1100. The number of hydrogen-bond acceptors (Lipinski definition) is 6. The molecule has 0 spiro atoms. The van der Waals surface area contributed by atoms with Crippen LogP contribution < -0.4 is 9.47 Å². The van der Waals surface area contributed by atoms with Gasteiger partial charge in [-0.05, 0) is 31.5 Å². The molecule has 12 heteroatoms. The first-order chi connectivity index (χ1) is 14.9. The van der Waals surface area contributed by atoms with Crippen LogP contribution in [-0.4, -0.2) is 28.0 Å². The molecule has 0 fully saturated rings. The van der Waals surface area contributed by atoms with E-state index in [9.17, 15) is 31.4 Å². The van der Waals surface area contributed by atoms with E-state index in [1.54, 1.807) is 13.8 Å². The SMILES string of the molecule is CCCC(O)(c1nc2ccc(OC(F)(F)F)c(C(F)(F)F)c2s1)c1cnccc1OCC. The maximum atomic E-state index is 13.7. The van der Waals surface area contributed by atoms with Crippen LogP contribution >= 0.6 is 11.3 Å². The Hall–Kier alpha value is -2.60. The Kier molecular flexibility index (Phi) is 6.57. The quantitative estimate of drug-likeness (QED) is 0.418. The number of aliphatic hydroxyl groups is 1. The van der Waals surface area contributed by atoms with Gasteiger partial charge in [-0.3, -0.25) is 4.98 Å². The highest BCUT2D eigenvalue weighted by molar-refractivity contribution is 7.19. The van der Waals surface area contributed by atoms with Crippen LogP contribution in [0.3, 0.4) is 0 Å². The first-order valence-electron chi connectivity index (χ1n) is 9.47. The fraction of sp³-hybridized carbons (Fsp3) is 0.400. The van der Waals surface area contributed by atoms with Crippen molar-refractivity contribution in [3.8, 4) is 11.5 Å². The predicted molar refractivity (Wildman–Crippen MR) is 105 cm³/mol. The molecule has 1 unspecified atom stereocenters. The van der Waals surface area contributed by atoms with E-state index in [4.69, 9.17) is 4.74 Å². The van der Waals surface area contributed by atoms with E-state index >= 15 is 0 Å². The minimum Gasteiger partial charge on any atom is -0.493 e. The average Bonchev–Trinajstić information content (AvgIpc) is 3.11. The van der Waals surface area contributed by atoms with Crippen LogP contribution in [0.4, 0.5) is 26.3 Å². The number of hydrogen-bond donors (Lipinski definition) is 1. The van der Waals surface area contributed by atoms with Gasteiger partial charge in [0.25, 0.3) is 0 Å². The zero-order valence-electron chi connectivity index (χ0n) is 16.8. The molecule has 0 aliphatic carbocycles. The molecule has 3 aromatic rings. The Labute approximate surface area is 182 Å². The molecule has 0 bridgehead atoms. The van der Waals surface area contributed by atoms with Crippen LogP contribution in [0.15, 0.2) is 30.6 Å². The monoisotopic (exact) mass is 480 g/mol. The lowest BCUT2D eigenvalue weighted by atomic mass is 9.90. The number of rotatable bonds is 7. The van der Waals surface area contributed by atoms with Gasteiger partial charge in [0.1, 0.15) is 27.7 Å².